The maximum Gasteiger partial charge on any atom is 0.335 e. The molecule has 284 valence electrons. The number of fused-ring (bicyclic) bond motifs is 6. The average Bonchev–Trinajstić information content (AvgIpc) is 3.63. The van der Waals surface area contributed by atoms with Crippen molar-refractivity contribution in [2.24, 2.45) is 37.8 Å². The van der Waals surface area contributed by atoms with Gasteiger partial charge in [-0.25, -0.2) is 4.79 Å². The Balaban J connectivity index is 0.000000170. The van der Waals surface area contributed by atoms with Gasteiger partial charge in [-0.05, 0) is 142 Å². The molecule has 4 aromatic rings. The number of aryl methyl sites for hydroxylation is 2. The molecular weight excluding hydrogens is 670 g/mol. The molecule has 8 rings (SSSR count). The van der Waals surface area contributed by atoms with Crippen LogP contribution in [-0.2, 0) is 54.0 Å². The van der Waals surface area contributed by atoms with E-state index in [4.69, 9.17) is 14.6 Å². The van der Waals surface area contributed by atoms with Crippen molar-refractivity contribution in [2.75, 3.05) is 40.0 Å². The van der Waals surface area contributed by atoms with Crippen molar-refractivity contribution in [1.82, 2.24) is 14.0 Å². The molecule has 2 aromatic heterocycles. The summed E-state index contributed by atoms with van der Waals surface area (Å²) in [5.41, 5.74) is 9.02. The molecule has 2 atom stereocenters. The normalized spacial score (nSPS) is 20.7. The summed E-state index contributed by atoms with van der Waals surface area (Å²) in [4.78, 5) is 36.6. The molecule has 4 aliphatic rings. The number of aliphatic carboxylic acids is 1. The molecule has 2 saturated heterocycles. The van der Waals surface area contributed by atoms with Gasteiger partial charge in [0.25, 0.3) is 5.91 Å². The summed E-state index contributed by atoms with van der Waals surface area (Å²) in [6.07, 6.45) is 12.1. The Morgan fingerprint density at radius 1 is 0.698 bits per heavy atom. The van der Waals surface area contributed by atoms with E-state index in [1.165, 1.54) is 59.1 Å². The van der Waals surface area contributed by atoms with E-state index in [9.17, 15) is 19.5 Å². The van der Waals surface area contributed by atoms with Crippen LogP contribution in [-0.4, -0.2) is 82.1 Å². The quantitative estimate of drug-likeness (QED) is 0.200. The van der Waals surface area contributed by atoms with Crippen LogP contribution in [0, 0.1) is 23.7 Å². The molecule has 53 heavy (non-hydrogen) atoms. The number of carboxylic acid groups (broad SMARTS) is 2. The van der Waals surface area contributed by atoms with Crippen LogP contribution in [0.1, 0.15) is 94.6 Å². The van der Waals surface area contributed by atoms with Gasteiger partial charge in [-0.3, -0.25) is 9.59 Å². The fourth-order valence-electron chi connectivity index (χ4n) is 9.85. The Labute approximate surface area is 312 Å². The third kappa shape index (κ3) is 7.76. The predicted octanol–water partition coefficient (Wildman–Crippen LogP) is 7.05. The zero-order valence-corrected chi connectivity index (χ0v) is 31.6. The molecule has 10 heteroatoms. The highest BCUT2D eigenvalue weighted by Gasteiger charge is 2.32. The first-order chi connectivity index (χ1) is 25.6. The molecule has 0 unspecified atom stereocenters. The second-order valence-corrected chi connectivity index (χ2v) is 15.9. The first-order valence-corrected chi connectivity index (χ1v) is 19.7. The molecule has 0 spiro atoms. The highest BCUT2D eigenvalue weighted by molar-refractivity contribution is 5.99. The van der Waals surface area contributed by atoms with Crippen LogP contribution < -0.4 is 0 Å². The van der Waals surface area contributed by atoms with Crippen LogP contribution >= 0.6 is 0 Å². The maximum absolute atomic E-state index is 12.9. The SMILES string of the molecule is CN(CCCC(=O)O)C(=O)c1ccc2c(c1)c1c(n2C)CC[C@@H](C2CCOCC2)C1.Cn1c2c(c3cc(C(=O)O)ccc31)C[C@H](C1CCOCC1)CC2. The zero-order chi connectivity index (χ0) is 37.2. The van der Waals surface area contributed by atoms with Gasteiger partial charge < -0.3 is 33.7 Å². The number of nitrogens with zero attached hydrogens (tertiary/aromatic N) is 3. The van der Waals surface area contributed by atoms with E-state index < -0.39 is 11.9 Å². The number of aromatic carboxylic acids is 1. The standard InChI is InChI=1S/C24H32N2O4.C19H23NO3/c1-25(11-3-4-23(27)28)24(29)18-6-8-22-20(15-18)19-14-17(5-7-21(19)26(22)2)16-9-12-30-13-10-16;1-20-17-4-2-13(12-6-8-23-9-7-12)10-15(17)16-11-14(19(21)22)3-5-18(16)20/h6,8,15-17H,3-5,7,9-14H2,1-2H3,(H,27,28);3,5,11-13H,2,4,6-10H2,1H3,(H,21,22)/t17-;13-/m11/s1. The van der Waals surface area contributed by atoms with E-state index in [0.29, 0.717) is 35.9 Å². The van der Waals surface area contributed by atoms with Gasteiger partial charge in [-0.1, -0.05) is 0 Å². The zero-order valence-electron chi connectivity index (χ0n) is 31.6. The van der Waals surface area contributed by atoms with E-state index in [1.54, 1.807) is 18.0 Å². The molecule has 2 N–H and O–H groups in total. The number of aromatic nitrogens is 2. The van der Waals surface area contributed by atoms with E-state index in [1.807, 2.05) is 18.2 Å². The van der Waals surface area contributed by atoms with Gasteiger partial charge in [0.1, 0.15) is 0 Å². The summed E-state index contributed by atoms with van der Waals surface area (Å²) in [6.45, 7) is 4.01. The maximum atomic E-state index is 12.9. The van der Waals surface area contributed by atoms with Gasteiger partial charge in [0.05, 0.1) is 5.56 Å². The average molecular weight is 726 g/mol. The molecule has 0 saturated carbocycles. The van der Waals surface area contributed by atoms with E-state index in [-0.39, 0.29) is 12.3 Å². The van der Waals surface area contributed by atoms with Crippen molar-refractivity contribution in [2.45, 2.75) is 77.0 Å². The van der Waals surface area contributed by atoms with Gasteiger partial charge in [0.15, 0.2) is 0 Å². The molecule has 2 aliphatic heterocycles. The summed E-state index contributed by atoms with van der Waals surface area (Å²) in [7, 11) is 5.99. The second kappa shape index (κ2) is 16.1. The molecule has 2 fully saturated rings. The molecule has 10 nitrogen and oxygen atoms in total. The minimum Gasteiger partial charge on any atom is -0.481 e. The summed E-state index contributed by atoms with van der Waals surface area (Å²) in [6, 6.07) is 11.6. The van der Waals surface area contributed by atoms with Crippen LogP contribution in [0.2, 0.25) is 0 Å². The predicted molar refractivity (Wildman–Crippen MR) is 205 cm³/mol. The van der Waals surface area contributed by atoms with Gasteiger partial charge in [-0.2, -0.15) is 0 Å². The fourth-order valence-corrected chi connectivity index (χ4v) is 9.85. The van der Waals surface area contributed by atoms with Crippen molar-refractivity contribution < 1.29 is 34.1 Å². The summed E-state index contributed by atoms with van der Waals surface area (Å²) in [5, 5.41) is 20.4. The van der Waals surface area contributed by atoms with Crippen molar-refractivity contribution >= 4 is 39.7 Å². The lowest BCUT2D eigenvalue weighted by atomic mass is 9.75. The Morgan fingerprint density at radius 2 is 1.17 bits per heavy atom. The number of rotatable bonds is 8. The van der Waals surface area contributed by atoms with E-state index >= 15 is 0 Å². The van der Waals surface area contributed by atoms with Crippen LogP contribution in [0.5, 0.6) is 0 Å². The number of carbonyl (C=O) groups is 3. The summed E-state index contributed by atoms with van der Waals surface area (Å²) in [5.74, 6) is 1.20. The lowest BCUT2D eigenvalue weighted by molar-refractivity contribution is -0.137. The minimum atomic E-state index is -0.846. The summed E-state index contributed by atoms with van der Waals surface area (Å²) < 4.78 is 15.6. The molecule has 0 radical (unpaired) electrons. The number of hydrogen-bond acceptors (Lipinski definition) is 5. The van der Waals surface area contributed by atoms with Gasteiger partial charge in [0.2, 0.25) is 0 Å². The van der Waals surface area contributed by atoms with Crippen molar-refractivity contribution in [3.05, 3.63) is 70.0 Å². The Morgan fingerprint density at radius 3 is 1.64 bits per heavy atom. The van der Waals surface area contributed by atoms with E-state index in [0.717, 1.165) is 87.7 Å². The Kier molecular flexibility index (Phi) is 11.3. The van der Waals surface area contributed by atoms with Crippen LogP contribution in [0.25, 0.3) is 21.8 Å². The smallest absolute Gasteiger partial charge is 0.335 e. The fraction of sp³-hybridized carbons (Fsp3) is 0.558. The molecule has 1 amide bonds. The van der Waals surface area contributed by atoms with Gasteiger partial charge >= 0.3 is 11.9 Å². The molecule has 0 bridgehead atoms. The highest BCUT2D eigenvalue weighted by atomic mass is 16.5. The van der Waals surface area contributed by atoms with Crippen LogP contribution in [0.15, 0.2) is 36.4 Å². The lowest BCUT2D eigenvalue weighted by Crippen LogP contribution is -2.28. The van der Waals surface area contributed by atoms with E-state index in [2.05, 4.69) is 35.4 Å². The lowest BCUT2D eigenvalue weighted by Gasteiger charge is -2.33. The first kappa shape index (κ1) is 37.2. The van der Waals surface area contributed by atoms with Crippen molar-refractivity contribution in [3.63, 3.8) is 0 Å². The summed E-state index contributed by atoms with van der Waals surface area (Å²) >= 11 is 0. The van der Waals surface area contributed by atoms with Gasteiger partial charge in [0, 0.05) is 99.3 Å². The number of carbonyl (C=O) groups excluding carboxylic acids is 1. The van der Waals surface area contributed by atoms with Crippen LogP contribution in [0.3, 0.4) is 0 Å². The minimum absolute atomic E-state index is 0.0447. The van der Waals surface area contributed by atoms with Gasteiger partial charge in [-0.15, -0.1) is 0 Å². The number of carboxylic acids is 2. The molecular formula is C43H55N3O7. The molecule has 2 aromatic carbocycles. The number of ether oxygens (including phenoxy) is 2. The highest BCUT2D eigenvalue weighted by Crippen LogP contribution is 2.41. The topological polar surface area (TPSA) is 123 Å². The van der Waals surface area contributed by atoms with Crippen LogP contribution in [0.4, 0.5) is 0 Å². The molecule has 2 aliphatic carbocycles. The number of hydrogen-bond donors (Lipinski definition) is 2. The molecule has 4 heterocycles. The van der Waals surface area contributed by atoms with Crippen molar-refractivity contribution in [3.8, 4) is 0 Å². The monoisotopic (exact) mass is 725 g/mol. The Hall–Kier alpha value is -4.15. The number of benzene rings is 2. The largest absolute Gasteiger partial charge is 0.481 e. The number of amides is 1. The third-order valence-electron chi connectivity index (χ3n) is 12.9. The Bertz CT molecular complexity index is 1980. The van der Waals surface area contributed by atoms with Crippen molar-refractivity contribution in [1.29, 1.82) is 0 Å². The first-order valence-electron chi connectivity index (χ1n) is 19.7. The second-order valence-electron chi connectivity index (χ2n) is 15.9. The third-order valence-corrected chi connectivity index (χ3v) is 12.9.